The third-order valence-corrected chi connectivity index (χ3v) is 3.94. The number of nitrogens with one attached hydrogen (secondary N) is 1. The average Bonchev–Trinajstić information content (AvgIpc) is 3.00. The van der Waals surface area contributed by atoms with Gasteiger partial charge in [-0.05, 0) is 12.8 Å². The summed E-state index contributed by atoms with van der Waals surface area (Å²) in [4.78, 5) is 26.4. The first-order valence-electron chi connectivity index (χ1n) is 7.55. The van der Waals surface area contributed by atoms with Crippen molar-refractivity contribution in [3.05, 3.63) is 36.8 Å². The van der Waals surface area contributed by atoms with Gasteiger partial charge in [0.2, 0.25) is 0 Å². The summed E-state index contributed by atoms with van der Waals surface area (Å²) in [6, 6.07) is 0. The minimum Gasteiger partial charge on any atom is -0.386 e. The molecule has 8 nitrogen and oxygen atoms in total. The van der Waals surface area contributed by atoms with Crippen LogP contribution in [-0.4, -0.2) is 55.8 Å². The van der Waals surface area contributed by atoms with E-state index in [-0.39, 0.29) is 12.5 Å². The van der Waals surface area contributed by atoms with Crippen molar-refractivity contribution in [2.75, 3.05) is 24.5 Å². The van der Waals surface area contributed by atoms with Gasteiger partial charge in [0, 0.05) is 45.3 Å². The Morgan fingerprint density at radius 2 is 2.30 bits per heavy atom. The molecule has 1 saturated heterocycles. The molecule has 8 heteroatoms. The topological polar surface area (TPSA) is 96.2 Å². The number of hydrogen-bond donors (Lipinski definition) is 2. The van der Waals surface area contributed by atoms with E-state index in [2.05, 4.69) is 20.3 Å². The van der Waals surface area contributed by atoms with Gasteiger partial charge in [-0.1, -0.05) is 0 Å². The lowest BCUT2D eigenvalue weighted by atomic mass is 9.92. The van der Waals surface area contributed by atoms with E-state index in [1.807, 2.05) is 4.90 Å². The summed E-state index contributed by atoms with van der Waals surface area (Å²) in [5.74, 6) is 0.456. The second-order valence-electron chi connectivity index (χ2n) is 5.92. The molecule has 1 aliphatic heterocycles. The van der Waals surface area contributed by atoms with Gasteiger partial charge in [0.1, 0.15) is 11.5 Å². The van der Waals surface area contributed by atoms with Crippen LogP contribution in [0.3, 0.4) is 0 Å². The van der Waals surface area contributed by atoms with Crippen LogP contribution in [0.2, 0.25) is 0 Å². The van der Waals surface area contributed by atoms with Crippen molar-refractivity contribution in [3.8, 4) is 0 Å². The van der Waals surface area contributed by atoms with Crippen molar-refractivity contribution >= 4 is 11.7 Å². The van der Waals surface area contributed by atoms with Gasteiger partial charge in [-0.3, -0.25) is 9.78 Å². The zero-order chi connectivity index (χ0) is 16.3. The third kappa shape index (κ3) is 3.65. The molecule has 2 aromatic rings. The molecule has 122 valence electrons. The van der Waals surface area contributed by atoms with E-state index in [1.54, 1.807) is 42.7 Å². The smallest absolute Gasteiger partial charge is 0.271 e. The van der Waals surface area contributed by atoms with Gasteiger partial charge in [-0.2, -0.15) is 0 Å². The summed E-state index contributed by atoms with van der Waals surface area (Å²) in [5.41, 5.74) is -0.641. The Morgan fingerprint density at radius 3 is 3.00 bits per heavy atom. The predicted octanol–water partition coefficient (Wildman–Crippen LogP) is -0.0286. The maximum atomic E-state index is 12.1. The molecule has 0 aliphatic carbocycles. The van der Waals surface area contributed by atoms with E-state index in [4.69, 9.17) is 0 Å². The van der Waals surface area contributed by atoms with Crippen LogP contribution in [0.4, 0.5) is 5.82 Å². The predicted molar refractivity (Wildman–Crippen MR) is 84.0 cm³/mol. The Hall–Kier alpha value is -2.48. The lowest BCUT2D eigenvalue weighted by molar-refractivity contribution is 0.0253. The molecule has 1 atom stereocenters. The lowest BCUT2D eigenvalue weighted by Gasteiger charge is -2.39. The van der Waals surface area contributed by atoms with E-state index in [0.717, 1.165) is 18.8 Å². The van der Waals surface area contributed by atoms with E-state index < -0.39 is 5.60 Å². The van der Waals surface area contributed by atoms with Crippen LogP contribution in [0.1, 0.15) is 23.3 Å². The number of β-amino-alcohol motifs (C(OH)–C–C–N with tert-alkyl or cyclic N) is 1. The molecule has 1 fully saturated rings. The minimum absolute atomic E-state index is 0.180. The standard InChI is InChI=1S/C15H20N6O2/c1-20-8-12(19-11-20)14(22)18-9-15(23)3-2-6-21(10-15)13-7-16-4-5-17-13/h4-5,7-8,11,23H,2-3,6,9-10H2,1H3,(H,18,22)/t15-/m0/s1. The summed E-state index contributed by atoms with van der Waals surface area (Å²) < 4.78 is 1.71. The maximum absolute atomic E-state index is 12.1. The summed E-state index contributed by atoms with van der Waals surface area (Å²) >= 11 is 0. The molecule has 0 radical (unpaired) electrons. The fourth-order valence-corrected chi connectivity index (χ4v) is 2.77. The molecule has 0 aromatic carbocycles. The quantitative estimate of drug-likeness (QED) is 0.822. The zero-order valence-corrected chi connectivity index (χ0v) is 13.0. The maximum Gasteiger partial charge on any atom is 0.271 e. The van der Waals surface area contributed by atoms with Crippen molar-refractivity contribution in [2.45, 2.75) is 18.4 Å². The molecular weight excluding hydrogens is 296 g/mol. The molecule has 1 aliphatic rings. The number of aryl methyl sites for hydroxylation is 1. The van der Waals surface area contributed by atoms with Crippen molar-refractivity contribution in [2.24, 2.45) is 7.05 Å². The molecule has 0 saturated carbocycles. The van der Waals surface area contributed by atoms with Gasteiger partial charge >= 0.3 is 0 Å². The average molecular weight is 316 g/mol. The second-order valence-corrected chi connectivity index (χ2v) is 5.92. The number of carbonyl (C=O) groups is 1. The Morgan fingerprint density at radius 1 is 1.43 bits per heavy atom. The Bertz CT molecular complexity index is 674. The van der Waals surface area contributed by atoms with Crippen LogP contribution in [-0.2, 0) is 7.05 Å². The fraction of sp³-hybridized carbons (Fsp3) is 0.467. The molecule has 1 amide bonds. The highest BCUT2D eigenvalue weighted by molar-refractivity contribution is 5.92. The SMILES string of the molecule is Cn1cnc(C(=O)NC[C@@]2(O)CCCN(c3cnccn3)C2)c1. The number of piperidine rings is 1. The van der Waals surface area contributed by atoms with E-state index in [9.17, 15) is 9.90 Å². The number of anilines is 1. The van der Waals surface area contributed by atoms with Crippen molar-refractivity contribution in [3.63, 3.8) is 0 Å². The molecule has 2 N–H and O–H groups in total. The molecule has 0 unspecified atom stereocenters. The summed E-state index contributed by atoms with van der Waals surface area (Å²) in [7, 11) is 1.80. The summed E-state index contributed by atoms with van der Waals surface area (Å²) in [6.07, 6.45) is 9.60. The van der Waals surface area contributed by atoms with Gasteiger partial charge in [-0.15, -0.1) is 0 Å². The van der Waals surface area contributed by atoms with Gasteiger partial charge in [0.05, 0.1) is 18.1 Å². The summed E-state index contributed by atoms with van der Waals surface area (Å²) in [6.45, 7) is 1.41. The van der Waals surface area contributed by atoms with E-state index in [1.165, 1.54) is 0 Å². The number of carbonyl (C=O) groups excluding carboxylic acids is 1. The van der Waals surface area contributed by atoms with E-state index in [0.29, 0.717) is 18.7 Å². The highest BCUT2D eigenvalue weighted by Crippen LogP contribution is 2.23. The van der Waals surface area contributed by atoms with Gasteiger partial charge in [0.25, 0.3) is 5.91 Å². The van der Waals surface area contributed by atoms with Gasteiger partial charge < -0.3 is 19.9 Å². The van der Waals surface area contributed by atoms with Crippen LogP contribution in [0, 0.1) is 0 Å². The number of imidazole rings is 1. The van der Waals surface area contributed by atoms with Crippen LogP contribution in [0.15, 0.2) is 31.1 Å². The highest BCUT2D eigenvalue weighted by Gasteiger charge is 2.34. The normalized spacial score (nSPS) is 21.2. The first-order chi connectivity index (χ1) is 11.1. The molecule has 3 heterocycles. The third-order valence-electron chi connectivity index (χ3n) is 3.94. The zero-order valence-electron chi connectivity index (χ0n) is 13.0. The van der Waals surface area contributed by atoms with Crippen molar-refractivity contribution in [1.29, 1.82) is 0 Å². The lowest BCUT2D eigenvalue weighted by Crippen LogP contribution is -2.54. The number of aromatic nitrogens is 4. The van der Waals surface area contributed by atoms with Crippen molar-refractivity contribution in [1.82, 2.24) is 24.8 Å². The molecule has 0 spiro atoms. The molecular formula is C15H20N6O2. The molecule has 3 rings (SSSR count). The van der Waals surface area contributed by atoms with Gasteiger partial charge in [0.15, 0.2) is 0 Å². The van der Waals surface area contributed by atoms with Crippen LogP contribution in [0.5, 0.6) is 0 Å². The first kappa shape index (κ1) is 15.4. The number of aliphatic hydroxyl groups is 1. The Labute approximate surface area is 134 Å². The summed E-state index contributed by atoms with van der Waals surface area (Å²) in [5, 5.41) is 13.5. The fourth-order valence-electron chi connectivity index (χ4n) is 2.77. The van der Waals surface area contributed by atoms with E-state index >= 15 is 0 Å². The van der Waals surface area contributed by atoms with Crippen molar-refractivity contribution < 1.29 is 9.90 Å². The van der Waals surface area contributed by atoms with Crippen LogP contribution >= 0.6 is 0 Å². The highest BCUT2D eigenvalue weighted by atomic mass is 16.3. The minimum atomic E-state index is -0.986. The van der Waals surface area contributed by atoms with Crippen LogP contribution in [0.25, 0.3) is 0 Å². The Kier molecular flexibility index (Phi) is 4.24. The monoisotopic (exact) mass is 316 g/mol. The number of rotatable bonds is 4. The number of amides is 1. The van der Waals surface area contributed by atoms with Crippen LogP contribution < -0.4 is 10.2 Å². The molecule has 23 heavy (non-hydrogen) atoms. The number of hydrogen-bond acceptors (Lipinski definition) is 6. The number of nitrogens with zero attached hydrogens (tertiary/aromatic N) is 5. The largest absolute Gasteiger partial charge is 0.386 e. The van der Waals surface area contributed by atoms with Gasteiger partial charge in [-0.25, -0.2) is 9.97 Å². The molecule has 0 bridgehead atoms. The second kappa shape index (κ2) is 6.33. The first-order valence-corrected chi connectivity index (χ1v) is 7.55. The molecule has 2 aromatic heterocycles. The Balaban J connectivity index is 1.61.